The van der Waals surface area contributed by atoms with E-state index in [1.807, 2.05) is 0 Å². The maximum absolute atomic E-state index is 13.6. The third-order valence-electron chi connectivity index (χ3n) is 2.57. The Labute approximate surface area is 127 Å². The molecule has 0 aliphatic heterocycles. The number of ether oxygens (including phenoxy) is 2. The Hall–Kier alpha value is -0.920. The molecule has 0 aromatic heterocycles. The maximum atomic E-state index is 13.6. The predicted octanol–water partition coefficient (Wildman–Crippen LogP) is 3.33. The third kappa shape index (κ3) is 6.15. The second-order valence-corrected chi connectivity index (χ2v) is 7.36. The summed E-state index contributed by atoms with van der Waals surface area (Å²) >= 11 is 0. The monoisotopic (exact) mass is 342 g/mol. The van der Waals surface area contributed by atoms with Gasteiger partial charge in [0.1, 0.15) is 6.61 Å². The van der Waals surface area contributed by atoms with E-state index in [2.05, 4.69) is 13.8 Å². The van der Waals surface area contributed by atoms with E-state index in [1.54, 1.807) is 0 Å². The van der Waals surface area contributed by atoms with Crippen LogP contribution < -0.4 is 4.74 Å². The normalized spacial score (nSPS) is 11.9. The van der Waals surface area contributed by atoms with Gasteiger partial charge in [0.25, 0.3) is 9.05 Å². The molecule has 4 nitrogen and oxygen atoms in total. The number of halogens is 3. The number of rotatable bonds is 8. The molecule has 0 atom stereocenters. The summed E-state index contributed by atoms with van der Waals surface area (Å²) in [5.74, 6) is -2.40. The molecule has 0 heterocycles. The molecule has 120 valence electrons. The molecule has 0 fully saturated rings. The van der Waals surface area contributed by atoms with Crippen molar-refractivity contribution < 1.29 is 26.7 Å². The summed E-state index contributed by atoms with van der Waals surface area (Å²) in [6.45, 7) is 4.78. The van der Waals surface area contributed by atoms with Crippen LogP contribution in [-0.2, 0) is 13.8 Å². The first-order chi connectivity index (χ1) is 9.71. The Kier molecular flexibility index (Phi) is 6.83. The molecule has 8 heteroatoms. The van der Waals surface area contributed by atoms with Crippen LogP contribution in [0.1, 0.15) is 20.3 Å². The highest BCUT2D eigenvalue weighted by Gasteiger charge is 2.18. The van der Waals surface area contributed by atoms with Gasteiger partial charge in [-0.15, -0.1) is 0 Å². The van der Waals surface area contributed by atoms with Crippen molar-refractivity contribution >= 4 is 19.7 Å². The molecular formula is C13H17ClF2O4S. The summed E-state index contributed by atoms with van der Waals surface area (Å²) in [6, 6.07) is 1.22. The van der Waals surface area contributed by atoms with Gasteiger partial charge in [0, 0.05) is 17.3 Å². The fourth-order valence-electron chi connectivity index (χ4n) is 1.44. The van der Waals surface area contributed by atoms with E-state index in [1.165, 1.54) is 0 Å². The van der Waals surface area contributed by atoms with Crippen LogP contribution in [0.5, 0.6) is 5.75 Å². The Morgan fingerprint density at radius 3 is 2.19 bits per heavy atom. The van der Waals surface area contributed by atoms with Gasteiger partial charge in [-0.2, -0.15) is 0 Å². The Morgan fingerprint density at radius 2 is 1.71 bits per heavy atom. The van der Waals surface area contributed by atoms with E-state index in [4.69, 9.17) is 20.2 Å². The SMILES string of the molecule is CC(C)CCOCCOc1c(F)cc(S(=O)(=O)Cl)cc1F. The van der Waals surface area contributed by atoms with Gasteiger partial charge < -0.3 is 9.47 Å². The maximum Gasteiger partial charge on any atom is 0.261 e. The first kappa shape index (κ1) is 18.1. The first-order valence-corrected chi connectivity index (χ1v) is 8.67. The zero-order valence-corrected chi connectivity index (χ0v) is 13.3. The van der Waals surface area contributed by atoms with Crippen LogP contribution >= 0.6 is 10.7 Å². The largest absolute Gasteiger partial charge is 0.485 e. The molecule has 0 radical (unpaired) electrons. The molecule has 1 rings (SSSR count). The summed E-state index contributed by atoms with van der Waals surface area (Å²) < 4.78 is 59.4. The van der Waals surface area contributed by atoms with E-state index in [9.17, 15) is 17.2 Å². The van der Waals surface area contributed by atoms with Crippen LogP contribution in [0, 0.1) is 17.6 Å². The van der Waals surface area contributed by atoms with Crippen LogP contribution in [0.25, 0.3) is 0 Å². The molecule has 0 aliphatic carbocycles. The fourth-order valence-corrected chi connectivity index (χ4v) is 2.19. The number of hydrogen-bond acceptors (Lipinski definition) is 4. The second kappa shape index (κ2) is 7.91. The van der Waals surface area contributed by atoms with Crippen molar-refractivity contribution in [2.75, 3.05) is 19.8 Å². The summed E-state index contributed by atoms with van der Waals surface area (Å²) in [6.07, 6.45) is 0.880. The van der Waals surface area contributed by atoms with Crippen molar-refractivity contribution in [3.63, 3.8) is 0 Å². The van der Waals surface area contributed by atoms with E-state index in [-0.39, 0.29) is 13.2 Å². The predicted molar refractivity (Wildman–Crippen MR) is 75.2 cm³/mol. The summed E-state index contributed by atoms with van der Waals surface area (Å²) in [7, 11) is 0.827. The quantitative estimate of drug-likeness (QED) is 0.537. The van der Waals surface area contributed by atoms with Gasteiger partial charge in [-0.3, -0.25) is 0 Å². The lowest BCUT2D eigenvalue weighted by Gasteiger charge is -2.10. The minimum absolute atomic E-state index is 0.0428. The lowest BCUT2D eigenvalue weighted by atomic mass is 10.1. The molecule has 1 aromatic carbocycles. The van der Waals surface area contributed by atoms with Crippen molar-refractivity contribution in [2.45, 2.75) is 25.2 Å². The zero-order valence-electron chi connectivity index (χ0n) is 11.7. The van der Waals surface area contributed by atoms with Crippen LogP contribution in [0.2, 0.25) is 0 Å². The first-order valence-electron chi connectivity index (χ1n) is 6.36. The minimum atomic E-state index is -4.19. The van der Waals surface area contributed by atoms with Crippen molar-refractivity contribution in [1.82, 2.24) is 0 Å². The van der Waals surface area contributed by atoms with Gasteiger partial charge in [-0.25, -0.2) is 17.2 Å². The zero-order chi connectivity index (χ0) is 16.0. The van der Waals surface area contributed by atoms with Crippen molar-refractivity contribution in [2.24, 2.45) is 5.92 Å². The lowest BCUT2D eigenvalue weighted by molar-refractivity contribution is 0.0898. The van der Waals surface area contributed by atoms with Gasteiger partial charge in [-0.05, 0) is 24.5 Å². The van der Waals surface area contributed by atoms with Crippen LogP contribution in [-0.4, -0.2) is 28.2 Å². The minimum Gasteiger partial charge on any atom is -0.485 e. The smallest absolute Gasteiger partial charge is 0.261 e. The molecular weight excluding hydrogens is 326 g/mol. The van der Waals surface area contributed by atoms with Gasteiger partial charge in [0.2, 0.25) is 0 Å². The van der Waals surface area contributed by atoms with E-state index < -0.39 is 31.3 Å². The van der Waals surface area contributed by atoms with Crippen LogP contribution in [0.3, 0.4) is 0 Å². The summed E-state index contributed by atoms with van der Waals surface area (Å²) in [5, 5.41) is 0. The highest BCUT2D eigenvalue weighted by Crippen LogP contribution is 2.27. The van der Waals surface area contributed by atoms with E-state index in [0.29, 0.717) is 24.7 Å². The van der Waals surface area contributed by atoms with Gasteiger partial charge >= 0.3 is 0 Å². The van der Waals surface area contributed by atoms with Gasteiger partial charge in [-0.1, -0.05) is 13.8 Å². The molecule has 0 amide bonds. The average Bonchev–Trinajstić information content (AvgIpc) is 2.34. The molecule has 21 heavy (non-hydrogen) atoms. The number of hydrogen-bond donors (Lipinski definition) is 0. The Balaban J connectivity index is 2.57. The fraction of sp³-hybridized carbons (Fsp3) is 0.538. The lowest BCUT2D eigenvalue weighted by Crippen LogP contribution is -2.10. The molecule has 0 unspecified atom stereocenters. The summed E-state index contributed by atoms with van der Waals surface area (Å²) in [5.41, 5.74) is 0. The highest BCUT2D eigenvalue weighted by molar-refractivity contribution is 8.13. The standard InChI is InChI=1S/C13H17ClF2O4S/c1-9(2)3-4-19-5-6-20-13-11(15)7-10(8-12(13)16)21(14,17)18/h7-9H,3-6H2,1-2H3. The van der Waals surface area contributed by atoms with Crippen molar-refractivity contribution in [3.05, 3.63) is 23.8 Å². The molecule has 0 N–H and O–H groups in total. The Morgan fingerprint density at radius 1 is 1.14 bits per heavy atom. The van der Waals surface area contributed by atoms with Crippen molar-refractivity contribution in [1.29, 1.82) is 0 Å². The van der Waals surface area contributed by atoms with Gasteiger partial charge in [0.05, 0.1) is 11.5 Å². The van der Waals surface area contributed by atoms with Crippen molar-refractivity contribution in [3.8, 4) is 5.75 Å². The van der Waals surface area contributed by atoms with E-state index in [0.717, 1.165) is 6.42 Å². The Bertz CT molecular complexity index is 553. The molecule has 0 saturated carbocycles. The molecule has 0 bridgehead atoms. The topological polar surface area (TPSA) is 52.6 Å². The second-order valence-electron chi connectivity index (χ2n) is 4.80. The number of benzene rings is 1. The highest BCUT2D eigenvalue weighted by atomic mass is 35.7. The third-order valence-corrected chi connectivity index (χ3v) is 3.90. The van der Waals surface area contributed by atoms with Crippen LogP contribution in [0.4, 0.5) is 8.78 Å². The molecule has 0 saturated heterocycles. The average molecular weight is 343 g/mol. The molecule has 1 aromatic rings. The van der Waals surface area contributed by atoms with Crippen LogP contribution in [0.15, 0.2) is 17.0 Å². The van der Waals surface area contributed by atoms with E-state index >= 15 is 0 Å². The molecule has 0 spiro atoms. The molecule has 0 aliphatic rings. The van der Waals surface area contributed by atoms with Gasteiger partial charge in [0.15, 0.2) is 17.4 Å². The summed E-state index contributed by atoms with van der Waals surface area (Å²) in [4.78, 5) is -0.653.